The van der Waals surface area contributed by atoms with Crippen molar-refractivity contribution in [1.82, 2.24) is 4.90 Å². The van der Waals surface area contributed by atoms with Gasteiger partial charge in [0.15, 0.2) is 0 Å². The van der Waals surface area contributed by atoms with E-state index in [1.165, 1.54) is 83.6 Å². The SMILES string of the molecule is CCCCCCCCCCCCN1CCOB(c2ccccc2)OC(CCCC)C1. The van der Waals surface area contributed by atoms with E-state index < -0.39 is 0 Å². The third-order valence-corrected chi connectivity index (χ3v) is 6.23. The largest absolute Gasteiger partial charge is 0.494 e. The molecule has 0 radical (unpaired) electrons. The molecule has 1 aromatic rings. The zero-order chi connectivity index (χ0) is 21.3. The van der Waals surface area contributed by atoms with Crippen molar-refractivity contribution in [3.05, 3.63) is 30.3 Å². The summed E-state index contributed by atoms with van der Waals surface area (Å²) in [6, 6.07) is 10.4. The van der Waals surface area contributed by atoms with Crippen LogP contribution in [0, 0.1) is 0 Å². The summed E-state index contributed by atoms with van der Waals surface area (Å²) in [6.07, 6.45) is 17.8. The van der Waals surface area contributed by atoms with Crippen LogP contribution in [0.4, 0.5) is 0 Å². The Morgan fingerprint density at radius 3 is 2.13 bits per heavy atom. The average Bonchev–Trinajstić information content (AvgIpc) is 2.76. The normalized spacial score (nSPS) is 18.3. The van der Waals surface area contributed by atoms with Gasteiger partial charge in [-0.25, -0.2) is 0 Å². The smallest absolute Gasteiger partial charge is 0.406 e. The van der Waals surface area contributed by atoms with Crippen LogP contribution in [-0.4, -0.2) is 44.4 Å². The molecule has 1 atom stereocenters. The van der Waals surface area contributed by atoms with E-state index in [-0.39, 0.29) is 13.2 Å². The first-order chi connectivity index (χ1) is 14.8. The number of hydrogen-bond acceptors (Lipinski definition) is 3. The molecular formula is C26H46BNO2. The van der Waals surface area contributed by atoms with E-state index in [1.54, 1.807) is 0 Å². The molecule has 1 unspecified atom stereocenters. The van der Waals surface area contributed by atoms with Crippen molar-refractivity contribution in [2.45, 2.75) is 103 Å². The minimum atomic E-state index is -0.215. The molecule has 1 fully saturated rings. The average molecular weight is 415 g/mol. The highest BCUT2D eigenvalue weighted by Crippen LogP contribution is 2.14. The third-order valence-electron chi connectivity index (χ3n) is 6.23. The standard InChI is InChI=1S/C26H46BNO2/c1-3-5-7-8-9-10-11-12-13-17-21-28-22-23-29-27(25-18-15-14-16-19-25)30-26(24-28)20-6-4-2/h14-16,18-19,26H,3-13,17,20-24H2,1-2H3. The highest BCUT2D eigenvalue weighted by Gasteiger charge is 2.28. The minimum absolute atomic E-state index is 0.215. The van der Waals surface area contributed by atoms with Gasteiger partial charge in [-0.05, 0) is 24.8 Å². The van der Waals surface area contributed by atoms with Crippen LogP contribution in [0.25, 0.3) is 0 Å². The first-order valence-corrected chi connectivity index (χ1v) is 12.9. The second-order valence-corrected chi connectivity index (χ2v) is 9.00. The molecule has 0 spiro atoms. The van der Waals surface area contributed by atoms with Gasteiger partial charge >= 0.3 is 7.12 Å². The van der Waals surface area contributed by atoms with Crippen LogP contribution in [0.5, 0.6) is 0 Å². The maximum atomic E-state index is 6.45. The molecular weight excluding hydrogens is 369 g/mol. The van der Waals surface area contributed by atoms with Crippen LogP contribution in [0.3, 0.4) is 0 Å². The Bertz CT molecular complexity index is 513. The van der Waals surface area contributed by atoms with Gasteiger partial charge in [-0.15, -0.1) is 0 Å². The zero-order valence-corrected chi connectivity index (χ0v) is 19.8. The molecule has 1 heterocycles. The predicted molar refractivity (Wildman–Crippen MR) is 130 cm³/mol. The molecule has 0 aliphatic carbocycles. The molecule has 1 aromatic carbocycles. The van der Waals surface area contributed by atoms with E-state index >= 15 is 0 Å². The van der Waals surface area contributed by atoms with Crippen molar-refractivity contribution in [3.8, 4) is 0 Å². The van der Waals surface area contributed by atoms with Crippen molar-refractivity contribution in [1.29, 1.82) is 0 Å². The van der Waals surface area contributed by atoms with Crippen molar-refractivity contribution in [3.63, 3.8) is 0 Å². The Labute approximate surface area is 187 Å². The fraction of sp³-hybridized carbons (Fsp3) is 0.769. The van der Waals surface area contributed by atoms with E-state index in [1.807, 2.05) is 0 Å². The molecule has 1 saturated heterocycles. The highest BCUT2D eigenvalue weighted by atomic mass is 16.6. The summed E-state index contributed by atoms with van der Waals surface area (Å²) in [4.78, 5) is 2.58. The third kappa shape index (κ3) is 11.0. The summed E-state index contributed by atoms with van der Waals surface area (Å²) in [5.41, 5.74) is 1.14. The van der Waals surface area contributed by atoms with Crippen molar-refractivity contribution in [2.75, 3.05) is 26.2 Å². The maximum Gasteiger partial charge on any atom is 0.494 e. The lowest BCUT2D eigenvalue weighted by Crippen LogP contribution is -2.48. The van der Waals surface area contributed by atoms with Crippen LogP contribution < -0.4 is 5.46 Å². The second kappa shape index (κ2) is 16.8. The zero-order valence-electron chi connectivity index (χ0n) is 19.8. The fourth-order valence-electron chi connectivity index (χ4n) is 4.33. The molecule has 0 bridgehead atoms. The van der Waals surface area contributed by atoms with Gasteiger partial charge in [-0.1, -0.05) is 115 Å². The Kier molecular flexibility index (Phi) is 14.2. The lowest BCUT2D eigenvalue weighted by Gasteiger charge is -2.33. The van der Waals surface area contributed by atoms with E-state index in [4.69, 9.17) is 9.31 Å². The van der Waals surface area contributed by atoms with Gasteiger partial charge < -0.3 is 9.31 Å². The molecule has 4 heteroatoms. The fourth-order valence-corrected chi connectivity index (χ4v) is 4.33. The van der Waals surface area contributed by atoms with Gasteiger partial charge in [0, 0.05) is 19.7 Å². The Hall–Kier alpha value is -0.835. The Balaban J connectivity index is 1.66. The molecule has 30 heavy (non-hydrogen) atoms. The Morgan fingerprint density at radius 1 is 0.833 bits per heavy atom. The maximum absolute atomic E-state index is 6.45. The van der Waals surface area contributed by atoms with Crippen LogP contribution in [-0.2, 0) is 9.31 Å². The lowest BCUT2D eigenvalue weighted by atomic mass is 9.78. The summed E-state index contributed by atoms with van der Waals surface area (Å²) >= 11 is 0. The van der Waals surface area contributed by atoms with Crippen molar-refractivity contribution in [2.24, 2.45) is 0 Å². The summed E-state index contributed by atoms with van der Waals surface area (Å²) in [7, 11) is -0.215. The first-order valence-electron chi connectivity index (χ1n) is 12.9. The van der Waals surface area contributed by atoms with Crippen LogP contribution in [0.15, 0.2) is 30.3 Å². The van der Waals surface area contributed by atoms with E-state index in [0.717, 1.165) is 31.6 Å². The number of unbranched alkanes of at least 4 members (excludes halogenated alkanes) is 10. The highest BCUT2D eigenvalue weighted by molar-refractivity contribution is 6.61. The number of benzene rings is 1. The van der Waals surface area contributed by atoms with Gasteiger partial charge in [0.25, 0.3) is 0 Å². The van der Waals surface area contributed by atoms with Crippen molar-refractivity contribution >= 4 is 12.6 Å². The number of nitrogens with zero attached hydrogens (tertiary/aromatic N) is 1. The molecule has 1 aliphatic heterocycles. The second-order valence-electron chi connectivity index (χ2n) is 9.00. The van der Waals surface area contributed by atoms with Gasteiger partial charge in [0.2, 0.25) is 0 Å². The number of rotatable bonds is 15. The molecule has 3 nitrogen and oxygen atoms in total. The predicted octanol–water partition coefficient (Wildman–Crippen LogP) is 6.21. The van der Waals surface area contributed by atoms with E-state index in [2.05, 4.69) is 49.1 Å². The first kappa shape index (κ1) is 25.4. The molecule has 0 saturated carbocycles. The molecule has 0 N–H and O–H groups in total. The van der Waals surface area contributed by atoms with Crippen LogP contribution >= 0.6 is 0 Å². The molecule has 2 rings (SSSR count). The van der Waals surface area contributed by atoms with E-state index in [0.29, 0.717) is 0 Å². The summed E-state index contributed by atoms with van der Waals surface area (Å²) in [6.45, 7) is 8.55. The monoisotopic (exact) mass is 415 g/mol. The summed E-state index contributed by atoms with van der Waals surface area (Å²) < 4.78 is 12.6. The molecule has 170 valence electrons. The lowest BCUT2D eigenvalue weighted by molar-refractivity contribution is 0.0576. The van der Waals surface area contributed by atoms with Gasteiger partial charge in [0.05, 0.1) is 6.10 Å². The van der Waals surface area contributed by atoms with Gasteiger partial charge in [-0.2, -0.15) is 0 Å². The summed E-state index contributed by atoms with van der Waals surface area (Å²) in [5, 5.41) is 0. The topological polar surface area (TPSA) is 21.7 Å². The molecule has 0 aromatic heterocycles. The van der Waals surface area contributed by atoms with E-state index in [9.17, 15) is 0 Å². The van der Waals surface area contributed by atoms with Gasteiger partial charge in [0.1, 0.15) is 0 Å². The number of hydrogen-bond donors (Lipinski definition) is 0. The molecule has 0 amide bonds. The van der Waals surface area contributed by atoms with Crippen molar-refractivity contribution < 1.29 is 9.31 Å². The van der Waals surface area contributed by atoms with Gasteiger partial charge in [-0.3, -0.25) is 4.90 Å². The quantitative estimate of drug-likeness (QED) is 0.251. The Morgan fingerprint density at radius 2 is 1.47 bits per heavy atom. The van der Waals surface area contributed by atoms with Crippen LogP contribution in [0.2, 0.25) is 0 Å². The minimum Gasteiger partial charge on any atom is -0.406 e. The molecule has 1 aliphatic rings. The summed E-state index contributed by atoms with van der Waals surface area (Å²) in [5.74, 6) is 0. The van der Waals surface area contributed by atoms with Crippen LogP contribution in [0.1, 0.15) is 97.3 Å².